The highest BCUT2D eigenvalue weighted by Crippen LogP contribution is 2.35. The highest BCUT2D eigenvalue weighted by atomic mass is 32.2. The Hall–Kier alpha value is -2.78. The van der Waals surface area contributed by atoms with E-state index in [2.05, 4.69) is 10.0 Å². The minimum Gasteiger partial charge on any atom is -0.504 e. The first-order valence-corrected chi connectivity index (χ1v) is 9.20. The zero-order valence-corrected chi connectivity index (χ0v) is 15.1. The number of phenolic OH excluding ortho intramolecular Hbond substituents is 3. The largest absolute Gasteiger partial charge is 0.504 e. The Balaban J connectivity index is 1.95. The zero-order chi connectivity index (χ0) is 19.5. The summed E-state index contributed by atoms with van der Waals surface area (Å²) in [6.45, 7) is 3.52. The van der Waals surface area contributed by atoms with Crippen LogP contribution in [0.25, 0.3) is 0 Å². The summed E-state index contributed by atoms with van der Waals surface area (Å²) in [6.07, 6.45) is 0. The molecule has 26 heavy (non-hydrogen) atoms. The number of rotatable bonds is 6. The molecular formula is C17H20N2O6S. The summed E-state index contributed by atoms with van der Waals surface area (Å²) < 4.78 is 27.0. The summed E-state index contributed by atoms with van der Waals surface area (Å²) >= 11 is 0. The van der Waals surface area contributed by atoms with Crippen molar-refractivity contribution in [3.8, 4) is 17.2 Å². The highest BCUT2D eigenvalue weighted by Gasteiger charge is 2.17. The molecule has 9 heteroatoms. The molecule has 0 aliphatic carbocycles. The molecular weight excluding hydrogens is 360 g/mol. The molecule has 5 N–H and O–H groups in total. The predicted octanol–water partition coefficient (Wildman–Crippen LogP) is 1.13. The number of hydrogen-bond donors (Lipinski definition) is 5. The van der Waals surface area contributed by atoms with Gasteiger partial charge in [0.05, 0.1) is 4.90 Å². The number of benzene rings is 2. The Morgan fingerprint density at radius 1 is 1.00 bits per heavy atom. The summed E-state index contributed by atoms with van der Waals surface area (Å²) in [6, 6.07) is 6.97. The standard InChI is InChI=1S/C17H20N2O6S/c1-10-3-4-15(11(2)7-10)26(24,25)19-6-5-18-17(23)12-8-13(20)16(22)14(21)9-12/h3-4,7-9,19-22H,5-6H2,1-2H3,(H,18,23). The van der Waals surface area contributed by atoms with Gasteiger partial charge in [-0.15, -0.1) is 0 Å². The zero-order valence-electron chi connectivity index (χ0n) is 14.3. The second kappa shape index (κ2) is 7.63. The molecule has 0 saturated carbocycles. The summed E-state index contributed by atoms with van der Waals surface area (Å²) in [7, 11) is -3.70. The van der Waals surface area contributed by atoms with Gasteiger partial charge >= 0.3 is 0 Å². The lowest BCUT2D eigenvalue weighted by molar-refractivity contribution is 0.0953. The number of phenols is 3. The van der Waals surface area contributed by atoms with Crippen molar-refractivity contribution in [2.45, 2.75) is 18.7 Å². The van der Waals surface area contributed by atoms with Crippen molar-refractivity contribution in [1.82, 2.24) is 10.0 Å². The van der Waals surface area contributed by atoms with E-state index in [0.717, 1.165) is 17.7 Å². The molecule has 0 aromatic heterocycles. The third-order valence-corrected chi connectivity index (χ3v) is 5.28. The van der Waals surface area contributed by atoms with Crippen LogP contribution in [0.1, 0.15) is 21.5 Å². The van der Waals surface area contributed by atoms with Gasteiger partial charge in [-0.1, -0.05) is 17.7 Å². The lowest BCUT2D eigenvalue weighted by atomic mass is 10.1. The Morgan fingerprint density at radius 3 is 2.19 bits per heavy atom. The maximum Gasteiger partial charge on any atom is 0.251 e. The van der Waals surface area contributed by atoms with E-state index in [1.165, 1.54) is 6.07 Å². The monoisotopic (exact) mass is 380 g/mol. The van der Waals surface area contributed by atoms with Crippen LogP contribution in [0.15, 0.2) is 35.2 Å². The molecule has 1 amide bonds. The number of nitrogens with one attached hydrogen (secondary N) is 2. The number of hydrogen-bond acceptors (Lipinski definition) is 6. The Morgan fingerprint density at radius 2 is 1.62 bits per heavy atom. The predicted molar refractivity (Wildman–Crippen MR) is 94.9 cm³/mol. The number of sulfonamides is 1. The van der Waals surface area contributed by atoms with Crippen LogP contribution in [-0.2, 0) is 10.0 Å². The summed E-state index contributed by atoms with van der Waals surface area (Å²) in [5, 5.41) is 30.5. The van der Waals surface area contributed by atoms with E-state index >= 15 is 0 Å². The van der Waals surface area contributed by atoms with E-state index in [4.69, 9.17) is 0 Å². The third kappa shape index (κ3) is 4.44. The summed E-state index contributed by atoms with van der Waals surface area (Å²) in [5.74, 6) is -2.62. The van der Waals surface area contributed by atoms with Crippen molar-refractivity contribution in [2.75, 3.05) is 13.1 Å². The average Bonchev–Trinajstić information content (AvgIpc) is 2.55. The number of aromatic hydroxyl groups is 3. The summed E-state index contributed by atoms with van der Waals surface area (Å²) in [4.78, 5) is 12.1. The van der Waals surface area contributed by atoms with Crippen molar-refractivity contribution in [1.29, 1.82) is 0 Å². The molecule has 0 radical (unpaired) electrons. The molecule has 0 fully saturated rings. The summed E-state index contributed by atoms with van der Waals surface area (Å²) in [5.41, 5.74) is 1.50. The minimum absolute atomic E-state index is 0.00856. The first-order chi connectivity index (χ1) is 12.1. The molecule has 2 aromatic rings. The number of carbonyl (C=O) groups is 1. The van der Waals surface area contributed by atoms with Gasteiger partial charge in [0.1, 0.15) is 0 Å². The topological polar surface area (TPSA) is 136 Å². The van der Waals surface area contributed by atoms with Crippen LogP contribution < -0.4 is 10.0 Å². The first kappa shape index (κ1) is 19.5. The Kier molecular flexibility index (Phi) is 5.73. The van der Waals surface area contributed by atoms with E-state index in [0.29, 0.717) is 5.56 Å². The van der Waals surface area contributed by atoms with Crippen LogP contribution in [0.2, 0.25) is 0 Å². The quantitative estimate of drug-likeness (QED) is 0.376. The smallest absolute Gasteiger partial charge is 0.251 e. The van der Waals surface area contributed by atoms with Crippen LogP contribution in [0.5, 0.6) is 17.2 Å². The van der Waals surface area contributed by atoms with E-state index in [1.54, 1.807) is 19.1 Å². The lowest BCUT2D eigenvalue weighted by Crippen LogP contribution is -2.34. The molecule has 2 aromatic carbocycles. The van der Waals surface area contributed by atoms with E-state index in [-0.39, 0.29) is 23.5 Å². The van der Waals surface area contributed by atoms with E-state index < -0.39 is 33.2 Å². The third-order valence-electron chi connectivity index (χ3n) is 3.65. The van der Waals surface area contributed by atoms with Gasteiger partial charge in [-0.2, -0.15) is 0 Å². The highest BCUT2D eigenvalue weighted by molar-refractivity contribution is 7.89. The van der Waals surface area contributed by atoms with Gasteiger partial charge in [-0.25, -0.2) is 13.1 Å². The number of carbonyl (C=O) groups excluding carboxylic acids is 1. The first-order valence-electron chi connectivity index (χ1n) is 7.72. The van der Waals surface area contributed by atoms with Gasteiger partial charge in [0.2, 0.25) is 10.0 Å². The van der Waals surface area contributed by atoms with Crippen molar-refractivity contribution in [3.63, 3.8) is 0 Å². The fourth-order valence-corrected chi connectivity index (χ4v) is 3.63. The molecule has 0 heterocycles. The van der Waals surface area contributed by atoms with Gasteiger partial charge in [-0.05, 0) is 37.6 Å². The molecule has 140 valence electrons. The Labute approximate surface area is 151 Å². The van der Waals surface area contributed by atoms with Gasteiger partial charge in [0.15, 0.2) is 17.2 Å². The van der Waals surface area contributed by atoms with Crippen LogP contribution in [0, 0.1) is 13.8 Å². The normalized spacial score (nSPS) is 11.3. The second-order valence-corrected chi connectivity index (χ2v) is 7.52. The van der Waals surface area contributed by atoms with Crippen molar-refractivity contribution in [3.05, 3.63) is 47.0 Å². The molecule has 0 unspecified atom stereocenters. The maximum absolute atomic E-state index is 12.3. The second-order valence-electron chi connectivity index (χ2n) is 5.79. The maximum atomic E-state index is 12.3. The molecule has 0 saturated heterocycles. The van der Waals surface area contributed by atoms with E-state index in [1.807, 2.05) is 6.92 Å². The lowest BCUT2D eigenvalue weighted by Gasteiger charge is -2.11. The van der Waals surface area contributed by atoms with Gasteiger partial charge < -0.3 is 20.6 Å². The SMILES string of the molecule is Cc1ccc(S(=O)(=O)NCCNC(=O)c2cc(O)c(O)c(O)c2)c(C)c1. The number of aryl methyl sites for hydroxylation is 2. The van der Waals surface area contributed by atoms with Gasteiger partial charge in [0, 0.05) is 18.7 Å². The van der Waals surface area contributed by atoms with Crippen LogP contribution in [-0.4, -0.2) is 42.7 Å². The molecule has 0 atom stereocenters. The molecule has 8 nitrogen and oxygen atoms in total. The minimum atomic E-state index is -3.70. The van der Waals surface area contributed by atoms with Crippen LogP contribution >= 0.6 is 0 Å². The fourth-order valence-electron chi connectivity index (χ4n) is 2.38. The van der Waals surface area contributed by atoms with Gasteiger partial charge in [-0.3, -0.25) is 4.79 Å². The molecule has 0 spiro atoms. The van der Waals surface area contributed by atoms with Crippen molar-refractivity contribution >= 4 is 15.9 Å². The molecule has 0 aliphatic heterocycles. The average molecular weight is 380 g/mol. The van der Waals surface area contributed by atoms with Crippen molar-refractivity contribution < 1.29 is 28.5 Å². The molecule has 2 rings (SSSR count). The number of amides is 1. The molecule has 0 aliphatic rings. The van der Waals surface area contributed by atoms with Crippen molar-refractivity contribution in [2.24, 2.45) is 0 Å². The molecule has 0 bridgehead atoms. The van der Waals surface area contributed by atoms with Crippen LogP contribution in [0.3, 0.4) is 0 Å². The van der Waals surface area contributed by atoms with Crippen LogP contribution in [0.4, 0.5) is 0 Å². The Bertz CT molecular complexity index is 917. The van der Waals surface area contributed by atoms with E-state index in [9.17, 15) is 28.5 Å². The van der Waals surface area contributed by atoms with Gasteiger partial charge in [0.25, 0.3) is 5.91 Å². The fraction of sp³-hybridized carbons (Fsp3) is 0.235.